The molecule has 2 unspecified atom stereocenters. The summed E-state index contributed by atoms with van der Waals surface area (Å²) in [4.78, 5) is 12.3. The van der Waals surface area contributed by atoms with Gasteiger partial charge in [0, 0.05) is 6.07 Å². The lowest BCUT2D eigenvalue weighted by atomic mass is 9.94. The molecule has 3 rings (SSSR count). The summed E-state index contributed by atoms with van der Waals surface area (Å²) < 4.78 is 21.9. The molecule has 0 spiro atoms. The number of aliphatic hydroxyl groups is 8. The summed E-state index contributed by atoms with van der Waals surface area (Å²) in [6, 6.07) is 2.53. The van der Waals surface area contributed by atoms with Gasteiger partial charge >= 0.3 is 5.97 Å². The van der Waals surface area contributed by atoms with E-state index in [4.69, 9.17) is 18.9 Å². The quantitative estimate of drug-likeness (QED) is 0.135. The summed E-state index contributed by atoms with van der Waals surface area (Å²) in [5.74, 6) is -4.17. The van der Waals surface area contributed by atoms with E-state index < -0.39 is 80.6 Å². The molecule has 9 N–H and O–H groups in total. The van der Waals surface area contributed by atoms with E-state index in [2.05, 4.69) is 0 Å². The monoisotopic (exact) mass is 548 g/mol. The van der Waals surface area contributed by atoms with Gasteiger partial charge in [-0.1, -0.05) is 19.8 Å². The Bertz CT molecular complexity index is 928. The van der Waals surface area contributed by atoms with E-state index in [-0.39, 0.29) is 29.0 Å². The molecule has 14 nitrogen and oxygen atoms in total. The fraction of sp³-hybridized carbons (Fsp3) is 0.708. The van der Waals surface area contributed by atoms with Gasteiger partial charge in [-0.2, -0.15) is 0 Å². The molecule has 10 atom stereocenters. The first-order valence-electron chi connectivity index (χ1n) is 12.4. The number of ether oxygens (including phenoxy) is 4. The zero-order valence-electron chi connectivity index (χ0n) is 20.7. The number of carboxylic acid groups (broad SMARTS) is 1. The van der Waals surface area contributed by atoms with Crippen LogP contribution in [0.4, 0.5) is 0 Å². The van der Waals surface area contributed by atoms with E-state index in [9.17, 15) is 50.8 Å². The maximum Gasteiger partial charge on any atom is 0.339 e. The first-order chi connectivity index (χ1) is 18.0. The normalized spacial score (nSPS) is 35.6. The third kappa shape index (κ3) is 6.54. The van der Waals surface area contributed by atoms with Crippen LogP contribution in [0.5, 0.6) is 11.5 Å². The lowest BCUT2D eigenvalue weighted by Gasteiger charge is -2.40. The highest BCUT2D eigenvalue weighted by atomic mass is 16.7. The molecule has 0 aliphatic carbocycles. The van der Waals surface area contributed by atoms with Gasteiger partial charge in [0.15, 0.2) is 12.6 Å². The van der Waals surface area contributed by atoms with E-state index in [1.807, 2.05) is 6.92 Å². The Labute approximate surface area is 218 Å². The van der Waals surface area contributed by atoms with Crippen LogP contribution in [0.15, 0.2) is 12.1 Å². The number of hydrogen-bond donors (Lipinski definition) is 9. The predicted molar refractivity (Wildman–Crippen MR) is 125 cm³/mol. The average molecular weight is 549 g/mol. The number of hydrogen-bond acceptors (Lipinski definition) is 13. The van der Waals surface area contributed by atoms with Crippen molar-refractivity contribution < 1.29 is 69.7 Å². The summed E-state index contributed by atoms with van der Waals surface area (Å²) in [6.45, 7) is 0.554. The van der Waals surface area contributed by atoms with Crippen LogP contribution in [-0.4, -0.2) is 115 Å². The fourth-order valence-electron chi connectivity index (χ4n) is 4.49. The third-order valence-electron chi connectivity index (χ3n) is 6.75. The molecule has 0 amide bonds. The zero-order chi connectivity index (χ0) is 28.1. The van der Waals surface area contributed by atoms with Crippen molar-refractivity contribution in [3.05, 3.63) is 23.3 Å². The lowest BCUT2D eigenvalue weighted by Crippen LogP contribution is -2.57. The minimum absolute atomic E-state index is 0.0479. The molecule has 2 fully saturated rings. The van der Waals surface area contributed by atoms with Gasteiger partial charge in [-0.25, -0.2) is 4.79 Å². The van der Waals surface area contributed by atoms with Crippen LogP contribution in [0.1, 0.15) is 42.1 Å². The first kappa shape index (κ1) is 30.4. The third-order valence-corrected chi connectivity index (χ3v) is 6.75. The number of aliphatic hydroxyl groups excluding tert-OH is 8. The highest BCUT2D eigenvalue weighted by Gasteiger charge is 2.46. The summed E-state index contributed by atoms with van der Waals surface area (Å²) in [7, 11) is 0. The van der Waals surface area contributed by atoms with Crippen LogP contribution in [-0.2, 0) is 15.9 Å². The van der Waals surface area contributed by atoms with Gasteiger partial charge in [-0.15, -0.1) is 0 Å². The van der Waals surface area contributed by atoms with Gasteiger partial charge in [0.05, 0.1) is 37.3 Å². The molecule has 38 heavy (non-hydrogen) atoms. The number of aromatic carboxylic acids is 1. The molecule has 1 aromatic rings. The van der Waals surface area contributed by atoms with Crippen LogP contribution in [0.2, 0.25) is 0 Å². The van der Waals surface area contributed by atoms with Gasteiger partial charge < -0.3 is 64.9 Å². The van der Waals surface area contributed by atoms with Crippen LogP contribution in [0, 0.1) is 11.8 Å². The van der Waals surface area contributed by atoms with Gasteiger partial charge in [0.1, 0.15) is 29.3 Å². The smallest absolute Gasteiger partial charge is 0.339 e. The van der Waals surface area contributed by atoms with Crippen LogP contribution in [0.3, 0.4) is 0 Å². The average Bonchev–Trinajstić information content (AvgIpc) is 2.86. The molecule has 216 valence electrons. The molecule has 2 saturated heterocycles. The van der Waals surface area contributed by atoms with Gasteiger partial charge in [-0.05, 0) is 24.5 Å². The van der Waals surface area contributed by atoms with Gasteiger partial charge in [0.25, 0.3) is 0 Å². The highest BCUT2D eigenvalue weighted by molar-refractivity contribution is 5.93. The Kier molecular flexibility index (Phi) is 10.7. The summed E-state index contributed by atoms with van der Waals surface area (Å²) >= 11 is 0. The Morgan fingerprint density at radius 2 is 1.34 bits per heavy atom. The zero-order valence-corrected chi connectivity index (χ0v) is 20.7. The van der Waals surface area contributed by atoms with E-state index >= 15 is 0 Å². The molecular formula is C24H36O14. The largest absolute Gasteiger partial charge is 0.478 e. The standard InChI is InChI=1S/C24H36O14/c1-2-3-4-5-10-6-11(35-23-12(8-25)16(27)18(29)21(33)37-23)7-14(15(10)20(31)32)36-24-13(9-26)17(28)19(30)22(34)38-24/h6-7,12-13,16-19,21-30,33-34H,2-5,8-9H2,1H3,(H,31,32)/t12-,13-,16-,17-,18+,19+,21+,22+,23?,24?/m1/s1. The van der Waals surface area contributed by atoms with Crippen molar-refractivity contribution in [1.29, 1.82) is 0 Å². The minimum Gasteiger partial charge on any atom is -0.478 e. The van der Waals surface area contributed by atoms with Crippen LogP contribution in [0.25, 0.3) is 0 Å². The molecule has 14 heteroatoms. The van der Waals surface area contributed by atoms with Gasteiger partial charge in [-0.3, -0.25) is 0 Å². The lowest BCUT2D eigenvalue weighted by molar-refractivity contribution is -0.313. The Morgan fingerprint density at radius 1 is 0.816 bits per heavy atom. The number of carbonyl (C=O) groups is 1. The van der Waals surface area contributed by atoms with Crippen molar-refractivity contribution in [2.45, 2.75) is 82.2 Å². The maximum absolute atomic E-state index is 12.3. The molecule has 0 radical (unpaired) electrons. The molecule has 0 bridgehead atoms. The fourth-order valence-corrected chi connectivity index (χ4v) is 4.49. The minimum atomic E-state index is -1.88. The number of benzene rings is 1. The summed E-state index contributed by atoms with van der Waals surface area (Å²) in [5, 5.41) is 89.5. The van der Waals surface area contributed by atoms with Crippen molar-refractivity contribution in [3.8, 4) is 11.5 Å². The van der Waals surface area contributed by atoms with Crippen molar-refractivity contribution >= 4 is 5.97 Å². The second-order valence-electron chi connectivity index (χ2n) is 9.40. The molecule has 2 heterocycles. The van der Waals surface area contributed by atoms with E-state index in [0.29, 0.717) is 6.42 Å². The Hall–Kier alpha value is -2.11. The Balaban J connectivity index is 2.01. The molecular weight excluding hydrogens is 512 g/mol. The number of carboxylic acids is 1. The molecule has 0 aromatic heterocycles. The molecule has 1 aromatic carbocycles. The van der Waals surface area contributed by atoms with Crippen LogP contribution < -0.4 is 9.47 Å². The van der Waals surface area contributed by atoms with Crippen LogP contribution >= 0.6 is 0 Å². The summed E-state index contributed by atoms with van der Waals surface area (Å²) in [5.41, 5.74) is -0.00367. The molecule has 0 saturated carbocycles. The Morgan fingerprint density at radius 3 is 1.82 bits per heavy atom. The van der Waals surface area contributed by atoms with E-state index in [1.54, 1.807) is 0 Å². The van der Waals surface area contributed by atoms with Crippen molar-refractivity contribution in [3.63, 3.8) is 0 Å². The van der Waals surface area contributed by atoms with Crippen molar-refractivity contribution in [1.82, 2.24) is 0 Å². The van der Waals surface area contributed by atoms with E-state index in [0.717, 1.165) is 18.9 Å². The molecule has 2 aliphatic rings. The first-order valence-corrected chi connectivity index (χ1v) is 12.4. The van der Waals surface area contributed by atoms with Gasteiger partial charge in [0.2, 0.25) is 12.6 Å². The maximum atomic E-state index is 12.3. The number of rotatable bonds is 11. The number of unbranched alkanes of at least 4 members (excludes halogenated alkanes) is 2. The molecule has 2 aliphatic heterocycles. The van der Waals surface area contributed by atoms with Crippen molar-refractivity contribution in [2.75, 3.05) is 13.2 Å². The second kappa shape index (κ2) is 13.3. The van der Waals surface area contributed by atoms with E-state index in [1.165, 1.54) is 6.07 Å². The van der Waals surface area contributed by atoms with Crippen molar-refractivity contribution in [2.24, 2.45) is 11.8 Å². The number of aryl methyl sites for hydroxylation is 1. The summed E-state index contributed by atoms with van der Waals surface area (Å²) in [6.07, 6.45) is -10.9. The highest BCUT2D eigenvalue weighted by Crippen LogP contribution is 2.36. The second-order valence-corrected chi connectivity index (χ2v) is 9.40. The predicted octanol–water partition coefficient (Wildman–Crippen LogP) is -2.11. The topological polar surface area (TPSA) is 236 Å². The SMILES string of the molecule is CCCCCc1cc(OC2O[C@H](O)[C@@H](O)[C@H](O)[C@H]2CO)cc(OC2O[C@H](O)[C@@H](O)[C@H](O)[C@H]2CO)c1C(=O)O.